The Balaban J connectivity index is 2.62. The van der Waals surface area contributed by atoms with Crippen molar-refractivity contribution in [3.8, 4) is 0 Å². The molecule has 6 heteroatoms. The fourth-order valence-electron chi connectivity index (χ4n) is 1.86. The number of nitrogens with one attached hydrogen (secondary N) is 2. The van der Waals surface area contributed by atoms with Crippen molar-refractivity contribution < 1.29 is 19.5 Å². The average Bonchev–Trinajstić information content (AvgIpc) is 2.48. The molecule has 1 amide bonds. The van der Waals surface area contributed by atoms with Gasteiger partial charge < -0.3 is 15.7 Å². The quantitative estimate of drug-likeness (QED) is 0.613. The normalized spacial score (nSPS) is 12.1. The zero-order chi connectivity index (χ0) is 16.5. The van der Waals surface area contributed by atoms with Crippen LogP contribution in [0.5, 0.6) is 0 Å². The molecule has 1 aromatic carbocycles. The van der Waals surface area contributed by atoms with Gasteiger partial charge in [0.15, 0.2) is 5.78 Å². The molecule has 0 aliphatic carbocycles. The van der Waals surface area contributed by atoms with Gasteiger partial charge in [0.05, 0.1) is 0 Å². The lowest BCUT2D eigenvalue weighted by molar-refractivity contribution is -0.139. The second-order valence-corrected chi connectivity index (χ2v) is 4.87. The highest BCUT2D eigenvalue weighted by Gasteiger charge is 2.15. The number of carbonyl (C=O) groups is 3. The summed E-state index contributed by atoms with van der Waals surface area (Å²) in [7, 11) is 1.60. The Morgan fingerprint density at radius 3 is 2.50 bits per heavy atom. The van der Waals surface area contributed by atoms with Crippen LogP contribution in [-0.2, 0) is 27.3 Å². The van der Waals surface area contributed by atoms with Crippen LogP contribution in [0.2, 0.25) is 0 Å². The zero-order valence-corrected chi connectivity index (χ0v) is 12.6. The second kappa shape index (κ2) is 8.74. The largest absolute Gasteiger partial charge is 0.480 e. The first-order valence-corrected chi connectivity index (χ1v) is 6.86. The van der Waals surface area contributed by atoms with Gasteiger partial charge in [0.25, 0.3) is 0 Å². The first-order chi connectivity index (χ1) is 10.4. The smallest absolute Gasteiger partial charge is 0.321 e. The molecule has 0 aliphatic heterocycles. The van der Waals surface area contributed by atoms with Crippen molar-refractivity contribution in [1.82, 2.24) is 10.6 Å². The zero-order valence-electron chi connectivity index (χ0n) is 12.6. The van der Waals surface area contributed by atoms with Crippen molar-refractivity contribution in [2.24, 2.45) is 0 Å². The molecule has 0 aliphatic rings. The van der Waals surface area contributed by atoms with Gasteiger partial charge in [-0.3, -0.25) is 14.4 Å². The van der Waals surface area contributed by atoms with Crippen LogP contribution in [0, 0.1) is 0 Å². The van der Waals surface area contributed by atoms with Gasteiger partial charge in [-0.2, -0.15) is 0 Å². The Labute approximate surface area is 129 Å². The number of rotatable bonds is 8. The van der Waals surface area contributed by atoms with E-state index in [1.807, 2.05) is 24.3 Å². The molecule has 3 N–H and O–H groups in total. The van der Waals surface area contributed by atoms with Crippen LogP contribution in [0.4, 0.5) is 0 Å². The van der Waals surface area contributed by atoms with Crippen molar-refractivity contribution in [2.75, 3.05) is 7.05 Å². The van der Waals surface area contributed by atoms with E-state index in [0.29, 0.717) is 13.0 Å². The lowest BCUT2D eigenvalue weighted by atomic mass is 10.0. The summed E-state index contributed by atoms with van der Waals surface area (Å²) in [5, 5.41) is 14.4. The molecule has 0 spiro atoms. The van der Waals surface area contributed by atoms with Crippen molar-refractivity contribution in [3.63, 3.8) is 0 Å². The van der Waals surface area contributed by atoms with Gasteiger partial charge in [0.2, 0.25) is 5.91 Å². The number of hydrogen-bond acceptors (Lipinski definition) is 4. The monoisotopic (exact) mass is 304 g/mol. The molecular weight excluding hydrogens is 284 g/mol. The van der Waals surface area contributed by atoms with E-state index >= 15 is 0 Å². The van der Waals surface area contributed by atoms with Crippen molar-refractivity contribution >= 4 is 17.7 Å². The number of carboxylic acid groups (broad SMARTS) is 1. The third-order valence-electron chi connectivity index (χ3n) is 3.01. The summed E-state index contributed by atoms with van der Waals surface area (Å²) < 4.78 is 0. The number of carbonyl (C=O) groups excluding carboxylic acids is 2. The second-order valence-electron chi connectivity index (χ2n) is 4.87. The number of benzene rings is 1. The highest BCUT2D eigenvalue weighted by molar-refractivity contribution is 5.96. The van der Waals surface area contributed by atoms with Gasteiger partial charge in [-0.25, -0.2) is 0 Å². The number of aliphatic carboxylic acids is 1. The van der Waals surface area contributed by atoms with Gasteiger partial charge in [-0.1, -0.05) is 24.3 Å². The maximum absolute atomic E-state index is 11.5. The predicted molar refractivity (Wildman–Crippen MR) is 82.3 cm³/mol. The number of hydrogen-bond donors (Lipinski definition) is 3. The molecule has 0 fully saturated rings. The summed E-state index contributed by atoms with van der Waals surface area (Å²) in [5.74, 6) is -1.45. The highest BCUT2D eigenvalue weighted by Crippen LogP contribution is 2.08. The number of likely N-dealkylation sites (N-methyl/N-ethyl adjacent to an activating group) is 1. The average molecular weight is 304 g/mol. The van der Waals surface area contributed by atoms with Crippen molar-refractivity contribution in [2.45, 2.75) is 25.9 Å². The molecule has 0 unspecified atom stereocenters. The molecule has 22 heavy (non-hydrogen) atoms. The molecule has 118 valence electrons. The summed E-state index contributed by atoms with van der Waals surface area (Å²) in [4.78, 5) is 33.2. The first-order valence-electron chi connectivity index (χ1n) is 6.86. The van der Waals surface area contributed by atoms with E-state index in [4.69, 9.17) is 5.11 Å². The number of carboxylic acids is 1. The Morgan fingerprint density at radius 1 is 1.23 bits per heavy atom. The summed E-state index contributed by atoms with van der Waals surface area (Å²) in [6.45, 7) is 1.68. The summed E-state index contributed by atoms with van der Waals surface area (Å²) >= 11 is 0. The van der Waals surface area contributed by atoms with Crippen LogP contribution in [0.15, 0.2) is 36.4 Å². The number of ketones is 1. The van der Waals surface area contributed by atoms with E-state index in [9.17, 15) is 14.4 Å². The number of amides is 1. The molecule has 0 aromatic heterocycles. The van der Waals surface area contributed by atoms with Gasteiger partial charge in [0, 0.05) is 12.6 Å². The maximum Gasteiger partial charge on any atom is 0.321 e. The van der Waals surface area contributed by atoms with E-state index in [-0.39, 0.29) is 11.7 Å². The minimum absolute atomic E-state index is 0.191. The molecule has 1 aromatic rings. The lowest BCUT2D eigenvalue weighted by Gasteiger charge is -2.12. The highest BCUT2D eigenvalue weighted by atomic mass is 16.4. The molecule has 1 rings (SSSR count). The molecule has 0 heterocycles. The fraction of sp³-hybridized carbons (Fsp3) is 0.312. The van der Waals surface area contributed by atoms with Crippen LogP contribution in [0.3, 0.4) is 0 Å². The van der Waals surface area contributed by atoms with Crippen molar-refractivity contribution in [1.29, 1.82) is 0 Å². The van der Waals surface area contributed by atoms with E-state index in [2.05, 4.69) is 10.6 Å². The SMILES string of the molecule is CN[C@H](Cc1cccc(CNC(=O)/C=C/C(C)=O)c1)C(=O)O. The Hall–Kier alpha value is -2.47. The topological polar surface area (TPSA) is 95.5 Å². The Bertz CT molecular complexity index is 581. The van der Waals surface area contributed by atoms with Gasteiger partial charge in [-0.05, 0) is 37.6 Å². The van der Waals surface area contributed by atoms with E-state index in [0.717, 1.165) is 11.1 Å². The molecule has 0 bridgehead atoms. The molecule has 0 radical (unpaired) electrons. The van der Waals surface area contributed by atoms with E-state index in [1.54, 1.807) is 7.05 Å². The predicted octanol–water partition coefficient (Wildman–Crippen LogP) is 0.663. The van der Waals surface area contributed by atoms with Crippen LogP contribution in [0.25, 0.3) is 0 Å². The summed E-state index contributed by atoms with van der Waals surface area (Å²) in [6, 6.07) is 6.70. The fourth-order valence-corrected chi connectivity index (χ4v) is 1.86. The number of allylic oxidation sites excluding steroid dienone is 1. The van der Waals surface area contributed by atoms with E-state index < -0.39 is 12.0 Å². The third-order valence-corrected chi connectivity index (χ3v) is 3.01. The van der Waals surface area contributed by atoms with Gasteiger partial charge >= 0.3 is 5.97 Å². The van der Waals surface area contributed by atoms with Gasteiger partial charge in [-0.15, -0.1) is 0 Å². The van der Waals surface area contributed by atoms with Crippen LogP contribution >= 0.6 is 0 Å². The summed E-state index contributed by atoms with van der Waals surface area (Å²) in [6.07, 6.45) is 2.75. The third kappa shape index (κ3) is 6.32. The van der Waals surface area contributed by atoms with E-state index in [1.165, 1.54) is 19.1 Å². The standard InChI is InChI=1S/C16H20N2O4/c1-11(19)6-7-15(20)18-10-13-5-3-4-12(8-13)9-14(17-2)16(21)22/h3-8,14,17H,9-10H2,1-2H3,(H,18,20)(H,21,22)/b7-6+/t14-/m1/s1. The molecule has 1 atom stereocenters. The molecule has 0 saturated carbocycles. The Kier molecular flexibility index (Phi) is 6.98. The molecule has 6 nitrogen and oxygen atoms in total. The maximum atomic E-state index is 11.5. The Morgan fingerprint density at radius 2 is 1.91 bits per heavy atom. The van der Waals surface area contributed by atoms with Crippen LogP contribution in [0.1, 0.15) is 18.1 Å². The van der Waals surface area contributed by atoms with Crippen molar-refractivity contribution in [3.05, 3.63) is 47.5 Å². The lowest BCUT2D eigenvalue weighted by Crippen LogP contribution is -2.35. The van der Waals surface area contributed by atoms with Gasteiger partial charge in [0.1, 0.15) is 6.04 Å². The summed E-state index contributed by atoms with van der Waals surface area (Å²) in [5.41, 5.74) is 1.73. The van der Waals surface area contributed by atoms with Crippen LogP contribution in [-0.4, -0.2) is 35.9 Å². The first kappa shape index (κ1) is 17.6. The van der Waals surface area contributed by atoms with Crippen LogP contribution < -0.4 is 10.6 Å². The molecule has 0 saturated heterocycles. The molecular formula is C16H20N2O4. The minimum atomic E-state index is -0.907. The minimum Gasteiger partial charge on any atom is -0.480 e.